The number of hydrogen-bond donors (Lipinski definition) is 0. The van der Waals surface area contributed by atoms with E-state index in [1.807, 2.05) is 12.1 Å². The third-order valence-corrected chi connectivity index (χ3v) is 4.12. The van der Waals surface area contributed by atoms with Crippen molar-refractivity contribution in [3.8, 4) is 0 Å². The molecule has 3 heteroatoms. The number of benzene rings is 1. The van der Waals surface area contributed by atoms with Crippen LogP contribution in [-0.4, -0.2) is 6.29 Å². The summed E-state index contributed by atoms with van der Waals surface area (Å²) in [7, 11) is 0. The van der Waals surface area contributed by atoms with Gasteiger partial charge in [-0.15, -0.1) is 0 Å². The van der Waals surface area contributed by atoms with Crippen molar-refractivity contribution >= 4 is 29.5 Å². The highest BCUT2D eigenvalue weighted by atomic mass is 35.5. The summed E-state index contributed by atoms with van der Waals surface area (Å²) < 4.78 is 0. The van der Waals surface area contributed by atoms with Crippen molar-refractivity contribution in [2.45, 2.75) is 31.6 Å². The maximum atomic E-state index is 11.2. The van der Waals surface area contributed by atoms with E-state index in [2.05, 4.69) is 0 Å². The average Bonchev–Trinajstić information content (AvgIpc) is 2.78. The molecule has 0 radical (unpaired) electrons. The molecule has 1 aliphatic rings. The molecule has 86 valence electrons. The molecule has 0 saturated heterocycles. The van der Waals surface area contributed by atoms with Crippen LogP contribution in [0, 0.1) is 5.92 Å². The number of carbonyl (C=O) groups is 1. The van der Waals surface area contributed by atoms with E-state index in [9.17, 15) is 4.79 Å². The summed E-state index contributed by atoms with van der Waals surface area (Å²) >= 11 is 11.8. The van der Waals surface area contributed by atoms with Crippen LogP contribution in [0.3, 0.4) is 0 Å². The van der Waals surface area contributed by atoms with Gasteiger partial charge in [-0.05, 0) is 36.5 Å². The van der Waals surface area contributed by atoms with E-state index in [-0.39, 0.29) is 5.92 Å². The van der Waals surface area contributed by atoms with Crippen molar-refractivity contribution in [2.75, 3.05) is 0 Å². The number of carbonyl (C=O) groups excluding carboxylic acids is 1. The molecule has 1 aromatic rings. The van der Waals surface area contributed by atoms with Gasteiger partial charge in [0.15, 0.2) is 0 Å². The van der Waals surface area contributed by atoms with E-state index in [4.69, 9.17) is 23.2 Å². The fourth-order valence-electron chi connectivity index (χ4n) is 2.50. The lowest BCUT2D eigenvalue weighted by atomic mass is 9.86. The van der Waals surface area contributed by atoms with E-state index in [1.54, 1.807) is 6.07 Å². The summed E-state index contributed by atoms with van der Waals surface area (Å²) in [6.07, 6.45) is 5.80. The second-order valence-corrected chi connectivity index (χ2v) is 5.19. The summed E-state index contributed by atoms with van der Waals surface area (Å²) in [5.74, 6) is 0.465. The van der Waals surface area contributed by atoms with Crippen LogP contribution in [0.5, 0.6) is 0 Å². The first-order valence-corrected chi connectivity index (χ1v) is 6.38. The van der Waals surface area contributed by atoms with E-state index >= 15 is 0 Å². The molecule has 1 saturated carbocycles. The van der Waals surface area contributed by atoms with Crippen LogP contribution in [-0.2, 0) is 4.79 Å². The van der Waals surface area contributed by atoms with Crippen molar-refractivity contribution < 1.29 is 4.79 Å². The van der Waals surface area contributed by atoms with Crippen LogP contribution in [0.4, 0.5) is 0 Å². The molecule has 1 aliphatic carbocycles. The van der Waals surface area contributed by atoms with Gasteiger partial charge in [0, 0.05) is 5.92 Å². The molecule has 0 amide bonds. The Labute approximate surface area is 106 Å². The Balaban J connectivity index is 2.25. The van der Waals surface area contributed by atoms with Crippen LogP contribution in [0.1, 0.15) is 37.2 Å². The van der Waals surface area contributed by atoms with Crippen molar-refractivity contribution in [1.29, 1.82) is 0 Å². The molecule has 0 N–H and O–H groups in total. The summed E-state index contributed by atoms with van der Waals surface area (Å²) in [5.41, 5.74) is 0.997. The van der Waals surface area contributed by atoms with E-state index < -0.39 is 0 Å². The molecule has 2 rings (SSSR count). The highest BCUT2D eigenvalue weighted by molar-refractivity contribution is 6.42. The molecular formula is C13H14Cl2O. The van der Waals surface area contributed by atoms with Crippen LogP contribution >= 0.6 is 23.2 Å². The first-order chi connectivity index (χ1) is 7.72. The Hall–Kier alpha value is -0.530. The van der Waals surface area contributed by atoms with Gasteiger partial charge in [-0.25, -0.2) is 0 Å². The standard InChI is InChI=1S/C13H14Cl2O/c14-12-6-5-10(7-13(12)15)11(8-16)9-3-1-2-4-9/h5-9,11H,1-4H2. The summed E-state index contributed by atoms with van der Waals surface area (Å²) in [6, 6.07) is 5.50. The fraction of sp³-hybridized carbons (Fsp3) is 0.462. The van der Waals surface area contributed by atoms with Gasteiger partial charge in [0.05, 0.1) is 10.0 Å². The molecular weight excluding hydrogens is 243 g/mol. The summed E-state index contributed by atoms with van der Waals surface area (Å²) in [5, 5.41) is 1.07. The van der Waals surface area contributed by atoms with Gasteiger partial charge >= 0.3 is 0 Å². The fourth-order valence-corrected chi connectivity index (χ4v) is 2.80. The molecule has 0 bridgehead atoms. The monoisotopic (exact) mass is 256 g/mol. The quantitative estimate of drug-likeness (QED) is 0.730. The number of hydrogen-bond acceptors (Lipinski definition) is 1. The minimum Gasteiger partial charge on any atom is -0.303 e. The van der Waals surface area contributed by atoms with Gasteiger partial charge in [0.25, 0.3) is 0 Å². The van der Waals surface area contributed by atoms with Gasteiger partial charge < -0.3 is 4.79 Å². The Bertz CT molecular complexity index is 384. The normalized spacial score (nSPS) is 18.6. The lowest BCUT2D eigenvalue weighted by Gasteiger charge is -2.18. The second-order valence-electron chi connectivity index (χ2n) is 4.38. The van der Waals surface area contributed by atoms with Crippen molar-refractivity contribution in [1.82, 2.24) is 0 Å². The van der Waals surface area contributed by atoms with Gasteiger partial charge in [0.1, 0.15) is 6.29 Å². The Morgan fingerprint density at radius 3 is 2.44 bits per heavy atom. The molecule has 16 heavy (non-hydrogen) atoms. The minimum atomic E-state index is -0.0164. The number of rotatable bonds is 3. The highest BCUT2D eigenvalue weighted by Crippen LogP contribution is 2.37. The van der Waals surface area contributed by atoms with E-state index in [0.29, 0.717) is 16.0 Å². The molecule has 1 fully saturated rings. The Kier molecular flexibility index (Phi) is 3.88. The Morgan fingerprint density at radius 1 is 1.19 bits per heavy atom. The van der Waals surface area contributed by atoms with Gasteiger partial charge in [0.2, 0.25) is 0 Å². The minimum absolute atomic E-state index is 0.0164. The average molecular weight is 257 g/mol. The molecule has 0 aromatic heterocycles. The molecule has 1 atom stereocenters. The second kappa shape index (κ2) is 5.20. The number of aldehydes is 1. The van der Waals surface area contributed by atoms with Crippen LogP contribution in [0.15, 0.2) is 18.2 Å². The summed E-state index contributed by atoms with van der Waals surface area (Å²) in [6.45, 7) is 0. The zero-order valence-electron chi connectivity index (χ0n) is 8.96. The van der Waals surface area contributed by atoms with Crippen molar-refractivity contribution in [3.05, 3.63) is 33.8 Å². The smallest absolute Gasteiger partial charge is 0.127 e. The zero-order chi connectivity index (χ0) is 11.5. The molecule has 0 spiro atoms. The molecule has 1 nitrogen and oxygen atoms in total. The largest absolute Gasteiger partial charge is 0.303 e. The topological polar surface area (TPSA) is 17.1 Å². The maximum Gasteiger partial charge on any atom is 0.127 e. The highest BCUT2D eigenvalue weighted by Gasteiger charge is 2.26. The van der Waals surface area contributed by atoms with Crippen LogP contribution in [0.2, 0.25) is 10.0 Å². The predicted octanol–water partition coefficient (Wildman–Crippen LogP) is 4.47. The Morgan fingerprint density at radius 2 is 1.88 bits per heavy atom. The molecule has 0 aliphatic heterocycles. The molecule has 1 unspecified atom stereocenters. The van der Waals surface area contributed by atoms with Gasteiger partial charge in [-0.2, -0.15) is 0 Å². The van der Waals surface area contributed by atoms with Crippen molar-refractivity contribution in [3.63, 3.8) is 0 Å². The zero-order valence-corrected chi connectivity index (χ0v) is 10.5. The lowest BCUT2D eigenvalue weighted by molar-refractivity contribution is -0.110. The van der Waals surface area contributed by atoms with Crippen LogP contribution in [0.25, 0.3) is 0 Å². The maximum absolute atomic E-state index is 11.2. The predicted molar refractivity (Wildman–Crippen MR) is 67.2 cm³/mol. The third-order valence-electron chi connectivity index (χ3n) is 3.38. The van der Waals surface area contributed by atoms with Crippen LogP contribution < -0.4 is 0 Å². The molecule has 1 aromatic carbocycles. The van der Waals surface area contributed by atoms with Crippen molar-refractivity contribution in [2.24, 2.45) is 5.92 Å². The first-order valence-electron chi connectivity index (χ1n) is 5.62. The summed E-state index contributed by atoms with van der Waals surface area (Å²) in [4.78, 5) is 11.2. The third kappa shape index (κ3) is 2.41. The van der Waals surface area contributed by atoms with Gasteiger partial charge in [-0.3, -0.25) is 0 Å². The van der Waals surface area contributed by atoms with E-state index in [0.717, 1.165) is 24.7 Å². The van der Waals surface area contributed by atoms with Gasteiger partial charge in [-0.1, -0.05) is 42.1 Å². The van der Waals surface area contributed by atoms with E-state index in [1.165, 1.54) is 12.8 Å². The number of halogens is 2. The lowest BCUT2D eigenvalue weighted by Crippen LogP contribution is -2.11. The molecule has 0 heterocycles. The SMILES string of the molecule is O=CC(c1ccc(Cl)c(Cl)c1)C1CCCC1. The first kappa shape index (κ1) is 11.9.